The Labute approximate surface area is 102 Å². The molecule has 1 aliphatic heterocycles. The lowest BCUT2D eigenvalue weighted by Crippen LogP contribution is -2.21. The maximum Gasteiger partial charge on any atom is 0.0576 e. The smallest absolute Gasteiger partial charge is 0.0576 e. The summed E-state index contributed by atoms with van der Waals surface area (Å²) in [7, 11) is 0. The Kier molecular flexibility index (Phi) is 4.82. The summed E-state index contributed by atoms with van der Waals surface area (Å²) in [5.74, 6) is 0. The molecule has 1 aliphatic rings. The van der Waals surface area contributed by atoms with Gasteiger partial charge >= 0.3 is 0 Å². The number of thiophene rings is 1. The first-order valence-corrected chi connectivity index (χ1v) is 7.16. The zero-order valence-corrected chi connectivity index (χ0v) is 10.8. The van der Waals surface area contributed by atoms with E-state index in [9.17, 15) is 0 Å². The van der Waals surface area contributed by atoms with Crippen LogP contribution in [-0.2, 0) is 4.74 Å². The molecule has 0 saturated carbocycles. The van der Waals surface area contributed by atoms with Gasteiger partial charge in [-0.25, -0.2) is 0 Å². The summed E-state index contributed by atoms with van der Waals surface area (Å²) in [6, 6.07) is 4.89. The minimum absolute atomic E-state index is 0.515. The largest absolute Gasteiger partial charge is 0.378 e. The maximum absolute atomic E-state index is 5.67. The number of rotatable bonds is 6. The van der Waals surface area contributed by atoms with E-state index in [2.05, 4.69) is 29.8 Å². The average Bonchev–Trinajstić information content (AvgIpc) is 2.96. The Morgan fingerprint density at radius 3 is 3.19 bits per heavy atom. The molecule has 0 aromatic carbocycles. The Hall–Kier alpha value is -0.380. The highest BCUT2D eigenvalue weighted by Gasteiger charge is 2.18. The third-order valence-corrected chi connectivity index (χ3v) is 4.12. The van der Waals surface area contributed by atoms with Gasteiger partial charge in [0, 0.05) is 17.5 Å². The van der Waals surface area contributed by atoms with Gasteiger partial charge in [0.1, 0.15) is 0 Å². The minimum atomic E-state index is 0.515. The molecule has 0 aliphatic carbocycles. The van der Waals surface area contributed by atoms with Crippen molar-refractivity contribution in [2.75, 3.05) is 13.2 Å². The van der Waals surface area contributed by atoms with Crippen molar-refractivity contribution in [2.24, 2.45) is 0 Å². The number of ether oxygens (including phenoxy) is 1. The van der Waals surface area contributed by atoms with Gasteiger partial charge in [-0.2, -0.15) is 0 Å². The van der Waals surface area contributed by atoms with Gasteiger partial charge in [0.15, 0.2) is 0 Å². The predicted molar refractivity (Wildman–Crippen MR) is 68.9 cm³/mol. The molecule has 0 radical (unpaired) electrons. The first-order chi connectivity index (χ1) is 7.90. The van der Waals surface area contributed by atoms with Crippen LogP contribution in [-0.4, -0.2) is 19.3 Å². The lowest BCUT2D eigenvalue weighted by atomic mass is 10.0. The fourth-order valence-electron chi connectivity index (χ4n) is 2.31. The highest BCUT2D eigenvalue weighted by atomic mass is 32.1. The van der Waals surface area contributed by atoms with Crippen molar-refractivity contribution in [1.82, 2.24) is 5.32 Å². The molecule has 2 heterocycles. The molecule has 1 aromatic rings. The topological polar surface area (TPSA) is 21.3 Å². The minimum Gasteiger partial charge on any atom is -0.378 e. The number of hydrogen-bond donors (Lipinski definition) is 1. The van der Waals surface area contributed by atoms with Crippen LogP contribution in [0.5, 0.6) is 0 Å². The summed E-state index contributed by atoms with van der Waals surface area (Å²) >= 11 is 1.85. The second-order valence-electron chi connectivity index (χ2n) is 4.34. The van der Waals surface area contributed by atoms with Gasteiger partial charge in [0.2, 0.25) is 0 Å². The maximum atomic E-state index is 5.67. The van der Waals surface area contributed by atoms with Crippen molar-refractivity contribution in [3.8, 4) is 0 Å². The van der Waals surface area contributed by atoms with Gasteiger partial charge in [-0.3, -0.25) is 0 Å². The Morgan fingerprint density at radius 1 is 1.62 bits per heavy atom. The molecule has 90 valence electrons. The highest BCUT2D eigenvalue weighted by molar-refractivity contribution is 7.10. The standard InChI is InChI=1S/C13H21NOS/c1-2-14-12(13-6-4-10-16-13)8-7-11-5-3-9-15-11/h4,6,10-12,14H,2-3,5,7-9H2,1H3. The van der Waals surface area contributed by atoms with Crippen LogP contribution in [0.4, 0.5) is 0 Å². The molecule has 16 heavy (non-hydrogen) atoms. The van der Waals surface area contributed by atoms with E-state index in [1.54, 1.807) is 0 Å². The Bertz CT molecular complexity index is 280. The van der Waals surface area contributed by atoms with E-state index in [0.29, 0.717) is 12.1 Å². The summed E-state index contributed by atoms with van der Waals surface area (Å²) in [6.07, 6.45) is 5.40. The van der Waals surface area contributed by atoms with E-state index in [1.165, 1.54) is 30.6 Å². The van der Waals surface area contributed by atoms with Crippen LogP contribution in [0, 0.1) is 0 Å². The summed E-state index contributed by atoms with van der Waals surface area (Å²) in [5, 5.41) is 5.72. The Balaban J connectivity index is 1.82. The van der Waals surface area contributed by atoms with E-state index in [4.69, 9.17) is 4.74 Å². The molecule has 0 amide bonds. The second kappa shape index (κ2) is 6.38. The molecule has 2 unspecified atom stereocenters. The summed E-state index contributed by atoms with van der Waals surface area (Å²) < 4.78 is 5.67. The van der Waals surface area contributed by atoms with Crippen LogP contribution in [0.2, 0.25) is 0 Å². The van der Waals surface area contributed by atoms with Gasteiger partial charge < -0.3 is 10.1 Å². The third-order valence-electron chi connectivity index (χ3n) is 3.14. The van der Waals surface area contributed by atoms with Crippen molar-refractivity contribution in [3.05, 3.63) is 22.4 Å². The molecule has 0 spiro atoms. The Morgan fingerprint density at radius 2 is 2.56 bits per heavy atom. The van der Waals surface area contributed by atoms with Crippen LogP contribution in [0.25, 0.3) is 0 Å². The van der Waals surface area contributed by atoms with Crippen LogP contribution in [0.3, 0.4) is 0 Å². The van der Waals surface area contributed by atoms with Gasteiger partial charge in [-0.05, 0) is 43.7 Å². The van der Waals surface area contributed by atoms with Gasteiger partial charge in [-0.15, -0.1) is 11.3 Å². The first-order valence-electron chi connectivity index (χ1n) is 6.28. The monoisotopic (exact) mass is 239 g/mol. The molecule has 3 heteroatoms. The molecule has 2 atom stereocenters. The highest BCUT2D eigenvalue weighted by Crippen LogP contribution is 2.26. The van der Waals surface area contributed by atoms with E-state index in [-0.39, 0.29) is 0 Å². The van der Waals surface area contributed by atoms with E-state index < -0.39 is 0 Å². The number of nitrogens with one attached hydrogen (secondary N) is 1. The van der Waals surface area contributed by atoms with Gasteiger partial charge in [-0.1, -0.05) is 13.0 Å². The van der Waals surface area contributed by atoms with E-state index >= 15 is 0 Å². The van der Waals surface area contributed by atoms with E-state index in [1.807, 2.05) is 11.3 Å². The van der Waals surface area contributed by atoms with Crippen molar-refractivity contribution in [2.45, 2.75) is 44.8 Å². The van der Waals surface area contributed by atoms with Crippen molar-refractivity contribution >= 4 is 11.3 Å². The zero-order valence-electron chi connectivity index (χ0n) is 9.95. The quantitative estimate of drug-likeness (QED) is 0.822. The molecule has 1 saturated heterocycles. The predicted octanol–water partition coefficient (Wildman–Crippen LogP) is 3.36. The third kappa shape index (κ3) is 3.30. The summed E-state index contributed by atoms with van der Waals surface area (Å²) in [5.41, 5.74) is 0. The number of hydrogen-bond acceptors (Lipinski definition) is 3. The second-order valence-corrected chi connectivity index (χ2v) is 5.32. The fraction of sp³-hybridized carbons (Fsp3) is 0.692. The molecule has 2 nitrogen and oxygen atoms in total. The molecular formula is C13H21NOS. The molecular weight excluding hydrogens is 218 g/mol. The van der Waals surface area contributed by atoms with Crippen LogP contribution >= 0.6 is 11.3 Å². The lowest BCUT2D eigenvalue weighted by molar-refractivity contribution is 0.0997. The average molecular weight is 239 g/mol. The van der Waals surface area contributed by atoms with Gasteiger partial charge in [0.25, 0.3) is 0 Å². The van der Waals surface area contributed by atoms with E-state index in [0.717, 1.165) is 13.2 Å². The fourth-order valence-corrected chi connectivity index (χ4v) is 3.14. The summed E-state index contributed by atoms with van der Waals surface area (Å²) in [6.45, 7) is 4.18. The van der Waals surface area contributed by atoms with Gasteiger partial charge in [0.05, 0.1) is 6.10 Å². The molecule has 1 aromatic heterocycles. The van der Waals surface area contributed by atoms with Crippen molar-refractivity contribution in [1.29, 1.82) is 0 Å². The molecule has 0 bridgehead atoms. The van der Waals surface area contributed by atoms with Crippen molar-refractivity contribution in [3.63, 3.8) is 0 Å². The van der Waals surface area contributed by atoms with Crippen LogP contribution in [0.1, 0.15) is 43.5 Å². The van der Waals surface area contributed by atoms with Crippen molar-refractivity contribution < 1.29 is 4.74 Å². The molecule has 2 rings (SSSR count). The first kappa shape index (κ1) is 12.1. The normalized spacial score (nSPS) is 22.4. The molecule has 1 N–H and O–H groups in total. The molecule has 1 fully saturated rings. The SMILES string of the molecule is CCNC(CCC1CCCO1)c1cccs1. The van der Waals surface area contributed by atoms with Crippen LogP contribution in [0.15, 0.2) is 17.5 Å². The summed E-state index contributed by atoms with van der Waals surface area (Å²) in [4.78, 5) is 1.46. The van der Waals surface area contributed by atoms with Crippen LogP contribution < -0.4 is 5.32 Å². The lowest BCUT2D eigenvalue weighted by Gasteiger charge is -2.18. The zero-order chi connectivity index (χ0) is 11.2.